The first-order valence-electron chi connectivity index (χ1n) is 6.63. The number of sulfonamides is 1. The monoisotopic (exact) mass is 368 g/mol. The van der Waals surface area contributed by atoms with Gasteiger partial charge in [-0.2, -0.15) is 8.42 Å². The Balaban J connectivity index is 2.18. The maximum atomic E-state index is 12.0. The van der Waals surface area contributed by atoms with E-state index in [1.54, 1.807) is 18.2 Å². The molecule has 0 saturated carbocycles. The predicted octanol–water partition coefficient (Wildman–Crippen LogP) is 3.89. The highest BCUT2D eigenvalue weighted by Crippen LogP contribution is 2.25. The van der Waals surface area contributed by atoms with Crippen molar-refractivity contribution < 1.29 is 8.42 Å². The lowest BCUT2D eigenvalue weighted by molar-refractivity contribution is 0.606. The van der Waals surface area contributed by atoms with Gasteiger partial charge in [0.1, 0.15) is 5.84 Å². The Morgan fingerprint density at radius 2 is 1.65 bits per heavy atom. The van der Waals surface area contributed by atoms with Crippen molar-refractivity contribution in [2.75, 3.05) is 0 Å². The van der Waals surface area contributed by atoms with Crippen molar-refractivity contribution in [1.29, 1.82) is 0 Å². The first-order valence-corrected chi connectivity index (χ1v) is 8.88. The Kier molecular flexibility index (Phi) is 5.82. The Hall–Kier alpha value is -1.82. The van der Waals surface area contributed by atoms with E-state index in [-0.39, 0.29) is 12.3 Å². The summed E-state index contributed by atoms with van der Waals surface area (Å²) in [6.07, 6.45) is 1.56. The van der Waals surface area contributed by atoms with Crippen LogP contribution in [-0.2, 0) is 16.4 Å². The van der Waals surface area contributed by atoms with E-state index in [1.807, 2.05) is 30.3 Å². The average molecular weight is 369 g/mol. The van der Waals surface area contributed by atoms with Gasteiger partial charge in [-0.25, -0.2) is 0 Å². The maximum absolute atomic E-state index is 12.0. The fourth-order valence-electron chi connectivity index (χ4n) is 1.86. The zero-order valence-corrected chi connectivity index (χ0v) is 14.3. The second-order valence-electron chi connectivity index (χ2n) is 4.70. The van der Waals surface area contributed by atoms with Crippen molar-refractivity contribution >= 4 is 45.1 Å². The van der Waals surface area contributed by atoms with E-state index in [9.17, 15) is 8.42 Å². The SMILES string of the molecule is N/C(Cc1ccccc1)=N/S(=O)(=O)/C=C/c1c(Cl)cccc1Cl. The number of hydrogen-bond donors (Lipinski definition) is 1. The molecule has 23 heavy (non-hydrogen) atoms. The van der Waals surface area contributed by atoms with Gasteiger partial charge in [-0.3, -0.25) is 0 Å². The number of hydrogen-bond acceptors (Lipinski definition) is 2. The highest BCUT2D eigenvalue weighted by atomic mass is 35.5. The molecule has 0 amide bonds. The normalized spacial score (nSPS) is 12.7. The van der Waals surface area contributed by atoms with Crippen LogP contribution in [0.1, 0.15) is 11.1 Å². The molecule has 120 valence electrons. The zero-order chi connectivity index (χ0) is 16.9. The van der Waals surface area contributed by atoms with Crippen molar-refractivity contribution in [3.63, 3.8) is 0 Å². The van der Waals surface area contributed by atoms with Crippen molar-refractivity contribution in [3.05, 3.63) is 75.1 Å². The Morgan fingerprint density at radius 3 is 2.26 bits per heavy atom. The first kappa shape index (κ1) is 17.5. The molecule has 0 fully saturated rings. The number of nitrogens with two attached hydrogens (primary N) is 1. The second kappa shape index (κ2) is 7.64. The summed E-state index contributed by atoms with van der Waals surface area (Å²) in [5.74, 6) is 0.00565. The van der Waals surface area contributed by atoms with Crippen LogP contribution in [0.3, 0.4) is 0 Å². The smallest absolute Gasteiger partial charge is 0.277 e. The van der Waals surface area contributed by atoms with Gasteiger partial charge in [0.25, 0.3) is 10.0 Å². The van der Waals surface area contributed by atoms with Crippen LogP contribution in [0.4, 0.5) is 0 Å². The summed E-state index contributed by atoms with van der Waals surface area (Å²) in [4.78, 5) is 0. The molecule has 2 rings (SSSR count). The van der Waals surface area contributed by atoms with Crippen LogP contribution in [0, 0.1) is 0 Å². The highest BCUT2D eigenvalue weighted by molar-refractivity contribution is 7.93. The molecule has 0 saturated heterocycles. The molecule has 7 heteroatoms. The minimum Gasteiger partial charge on any atom is -0.386 e. The van der Waals surface area contributed by atoms with Crippen LogP contribution in [0.25, 0.3) is 6.08 Å². The molecule has 2 N–H and O–H groups in total. The van der Waals surface area contributed by atoms with Gasteiger partial charge < -0.3 is 5.73 Å². The average Bonchev–Trinajstić information content (AvgIpc) is 2.47. The third-order valence-electron chi connectivity index (χ3n) is 2.88. The predicted molar refractivity (Wildman–Crippen MR) is 96.2 cm³/mol. The zero-order valence-electron chi connectivity index (χ0n) is 12.0. The van der Waals surface area contributed by atoms with E-state index in [4.69, 9.17) is 28.9 Å². The maximum Gasteiger partial charge on any atom is 0.277 e. The fourth-order valence-corrected chi connectivity index (χ4v) is 3.14. The molecule has 2 aromatic carbocycles. The molecule has 0 aliphatic heterocycles. The minimum atomic E-state index is -3.87. The molecular weight excluding hydrogens is 355 g/mol. The third-order valence-corrected chi connectivity index (χ3v) is 4.51. The molecule has 0 aromatic heterocycles. The largest absolute Gasteiger partial charge is 0.386 e. The summed E-state index contributed by atoms with van der Waals surface area (Å²) < 4.78 is 27.5. The Labute approximate surface area is 145 Å². The molecule has 0 radical (unpaired) electrons. The van der Waals surface area contributed by atoms with Gasteiger partial charge in [0, 0.05) is 22.0 Å². The van der Waals surface area contributed by atoms with Gasteiger partial charge in [-0.15, -0.1) is 4.40 Å². The third kappa shape index (κ3) is 5.39. The van der Waals surface area contributed by atoms with E-state index < -0.39 is 10.0 Å². The molecule has 0 bridgehead atoms. The van der Waals surface area contributed by atoms with E-state index in [0.29, 0.717) is 15.6 Å². The van der Waals surface area contributed by atoms with Gasteiger partial charge in [0.05, 0.1) is 5.41 Å². The molecular formula is C16H14Cl2N2O2S. The summed E-state index contributed by atoms with van der Waals surface area (Å²) in [5.41, 5.74) is 7.00. The lowest BCUT2D eigenvalue weighted by atomic mass is 10.1. The number of amidine groups is 1. The lowest BCUT2D eigenvalue weighted by Gasteiger charge is -2.02. The summed E-state index contributed by atoms with van der Waals surface area (Å²) in [6, 6.07) is 14.1. The van der Waals surface area contributed by atoms with Crippen LogP contribution in [0.5, 0.6) is 0 Å². The van der Waals surface area contributed by atoms with Crippen LogP contribution in [0.2, 0.25) is 10.0 Å². The molecule has 2 aromatic rings. The molecule has 0 aliphatic rings. The Bertz CT molecular complexity index is 827. The summed E-state index contributed by atoms with van der Waals surface area (Å²) in [5, 5.41) is 1.63. The lowest BCUT2D eigenvalue weighted by Crippen LogP contribution is -2.16. The van der Waals surface area contributed by atoms with Crippen LogP contribution in [0.15, 0.2) is 58.3 Å². The van der Waals surface area contributed by atoms with Crippen molar-refractivity contribution in [2.45, 2.75) is 6.42 Å². The van der Waals surface area contributed by atoms with Gasteiger partial charge >= 0.3 is 0 Å². The first-order chi connectivity index (χ1) is 10.9. The summed E-state index contributed by atoms with van der Waals surface area (Å²) in [7, 11) is -3.87. The van der Waals surface area contributed by atoms with E-state index in [2.05, 4.69) is 4.40 Å². The van der Waals surface area contributed by atoms with E-state index >= 15 is 0 Å². The van der Waals surface area contributed by atoms with Crippen LogP contribution >= 0.6 is 23.2 Å². The molecule has 0 heterocycles. The number of benzene rings is 2. The topological polar surface area (TPSA) is 72.5 Å². The molecule has 0 unspecified atom stereocenters. The molecule has 0 aliphatic carbocycles. The van der Waals surface area contributed by atoms with Crippen molar-refractivity contribution in [2.24, 2.45) is 10.1 Å². The van der Waals surface area contributed by atoms with Gasteiger partial charge in [0.2, 0.25) is 0 Å². The Morgan fingerprint density at radius 1 is 1.04 bits per heavy atom. The second-order valence-corrected chi connectivity index (χ2v) is 7.00. The van der Waals surface area contributed by atoms with Crippen molar-refractivity contribution in [3.8, 4) is 0 Å². The number of rotatable bonds is 5. The van der Waals surface area contributed by atoms with Crippen LogP contribution in [-0.4, -0.2) is 14.3 Å². The molecule has 4 nitrogen and oxygen atoms in total. The summed E-state index contributed by atoms with van der Waals surface area (Å²) >= 11 is 12.0. The van der Waals surface area contributed by atoms with E-state index in [0.717, 1.165) is 11.0 Å². The quantitative estimate of drug-likeness (QED) is 0.642. The highest BCUT2D eigenvalue weighted by Gasteiger charge is 2.07. The number of nitrogens with zero attached hydrogens (tertiary/aromatic N) is 1. The van der Waals surface area contributed by atoms with Crippen LogP contribution < -0.4 is 5.73 Å². The molecule has 0 spiro atoms. The minimum absolute atomic E-state index is 0.00565. The van der Waals surface area contributed by atoms with Gasteiger partial charge in [-0.1, -0.05) is 59.6 Å². The van der Waals surface area contributed by atoms with Gasteiger partial charge in [0.15, 0.2) is 0 Å². The number of halogens is 2. The standard InChI is InChI=1S/C16H14Cl2N2O2S/c17-14-7-4-8-15(18)13(14)9-10-23(21,22)20-16(19)11-12-5-2-1-3-6-12/h1-10H,11H2,(H2,19,20)/b10-9+. The fraction of sp³-hybridized carbons (Fsp3) is 0.0625. The van der Waals surface area contributed by atoms with E-state index in [1.165, 1.54) is 6.08 Å². The van der Waals surface area contributed by atoms with Gasteiger partial charge in [-0.05, 0) is 23.8 Å². The van der Waals surface area contributed by atoms with Crippen molar-refractivity contribution in [1.82, 2.24) is 0 Å². The summed E-state index contributed by atoms with van der Waals surface area (Å²) in [6.45, 7) is 0. The molecule has 0 atom stereocenters.